The molecule has 1 amide bonds. The van der Waals surface area contributed by atoms with Gasteiger partial charge in [0, 0.05) is 49.1 Å². The second-order valence-electron chi connectivity index (χ2n) is 6.54. The number of likely N-dealkylation sites (tertiary alicyclic amines) is 1. The molecule has 0 radical (unpaired) electrons. The number of aromatic nitrogens is 3. The van der Waals surface area contributed by atoms with E-state index in [-0.39, 0.29) is 11.7 Å². The molecular formula is C19H21FN4O. The molecule has 5 nitrogen and oxygen atoms in total. The summed E-state index contributed by atoms with van der Waals surface area (Å²) in [6.45, 7) is 4.13. The van der Waals surface area contributed by atoms with Crippen LogP contribution in [0.25, 0.3) is 10.9 Å². The van der Waals surface area contributed by atoms with E-state index >= 15 is 0 Å². The molecule has 0 spiro atoms. The maximum absolute atomic E-state index is 13.6. The summed E-state index contributed by atoms with van der Waals surface area (Å²) in [6, 6.07) is 4.84. The number of H-pyrrole nitrogens is 1. The van der Waals surface area contributed by atoms with Crippen molar-refractivity contribution >= 4 is 16.8 Å². The lowest BCUT2D eigenvalue weighted by Gasteiger charge is -2.31. The molecule has 0 bridgehead atoms. The summed E-state index contributed by atoms with van der Waals surface area (Å²) in [5.74, 6) is 0.628. The zero-order valence-electron chi connectivity index (χ0n) is 14.2. The van der Waals surface area contributed by atoms with Crippen LogP contribution in [0.4, 0.5) is 4.39 Å². The number of benzene rings is 1. The molecule has 1 aromatic carbocycles. The fraction of sp³-hybridized carbons (Fsp3) is 0.368. The molecule has 1 saturated heterocycles. The van der Waals surface area contributed by atoms with E-state index in [1.807, 2.05) is 28.8 Å². The topological polar surface area (TPSA) is 53.9 Å². The summed E-state index contributed by atoms with van der Waals surface area (Å²) in [7, 11) is 0. The number of piperidine rings is 1. The summed E-state index contributed by atoms with van der Waals surface area (Å²) in [4.78, 5) is 22.0. The van der Waals surface area contributed by atoms with Gasteiger partial charge in [-0.1, -0.05) is 0 Å². The first-order chi connectivity index (χ1) is 12.2. The van der Waals surface area contributed by atoms with Gasteiger partial charge in [0.2, 0.25) is 0 Å². The Bertz CT molecular complexity index is 905. The van der Waals surface area contributed by atoms with Gasteiger partial charge in [0.15, 0.2) is 5.82 Å². The molecular weight excluding hydrogens is 319 g/mol. The summed E-state index contributed by atoms with van der Waals surface area (Å²) in [5, 5.41) is 0.950. The highest BCUT2D eigenvalue weighted by Gasteiger charge is 2.27. The van der Waals surface area contributed by atoms with E-state index in [1.54, 1.807) is 18.3 Å². The summed E-state index contributed by atoms with van der Waals surface area (Å²) < 4.78 is 15.5. The predicted molar refractivity (Wildman–Crippen MR) is 94.0 cm³/mol. The molecule has 6 heteroatoms. The minimum Gasteiger partial charge on any atom is -0.361 e. The number of fused-ring (bicyclic) bond motifs is 1. The Morgan fingerprint density at radius 3 is 2.92 bits per heavy atom. The Balaban J connectivity index is 1.49. The molecule has 0 saturated carbocycles. The molecule has 3 heterocycles. The highest BCUT2D eigenvalue weighted by atomic mass is 19.1. The number of carbonyl (C=O) groups is 1. The van der Waals surface area contributed by atoms with Gasteiger partial charge in [-0.2, -0.15) is 0 Å². The summed E-state index contributed by atoms with van der Waals surface area (Å²) in [5.41, 5.74) is 2.11. The molecule has 1 aliphatic rings. The second kappa shape index (κ2) is 6.35. The number of carbonyl (C=O) groups excluding carboxylic acids is 1. The van der Waals surface area contributed by atoms with Gasteiger partial charge in [0.25, 0.3) is 5.91 Å². The Labute approximate surface area is 145 Å². The first kappa shape index (κ1) is 15.9. The van der Waals surface area contributed by atoms with Crippen molar-refractivity contribution < 1.29 is 9.18 Å². The molecule has 4 rings (SSSR count). The van der Waals surface area contributed by atoms with Crippen molar-refractivity contribution in [2.24, 2.45) is 0 Å². The van der Waals surface area contributed by atoms with E-state index in [0.29, 0.717) is 24.8 Å². The molecule has 1 fully saturated rings. The Hall–Kier alpha value is -2.63. The third-order valence-electron chi connectivity index (χ3n) is 5.15. The van der Waals surface area contributed by atoms with Crippen LogP contribution >= 0.6 is 0 Å². The molecule has 3 aromatic rings. The van der Waals surface area contributed by atoms with E-state index in [9.17, 15) is 9.18 Å². The number of halogens is 1. The fourth-order valence-electron chi connectivity index (χ4n) is 3.75. The first-order valence-corrected chi connectivity index (χ1v) is 8.74. The van der Waals surface area contributed by atoms with Crippen molar-refractivity contribution in [1.82, 2.24) is 19.4 Å². The van der Waals surface area contributed by atoms with Gasteiger partial charge >= 0.3 is 0 Å². The molecule has 0 atom stereocenters. The van der Waals surface area contributed by atoms with Crippen LogP contribution in [-0.4, -0.2) is 38.4 Å². The first-order valence-electron chi connectivity index (χ1n) is 8.74. The van der Waals surface area contributed by atoms with E-state index in [1.165, 1.54) is 6.07 Å². The van der Waals surface area contributed by atoms with Gasteiger partial charge in [0.05, 0.1) is 0 Å². The number of aromatic amines is 1. The molecule has 0 unspecified atom stereocenters. The zero-order chi connectivity index (χ0) is 17.4. The Kier molecular flexibility index (Phi) is 4.03. The van der Waals surface area contributed by atoms with Crippen molar-refractivity contribution in [2.75, 3.05) is 13.1 Å². The Morgan fingerprint density at radius 2 is 2.16 bits per heavy atom. The van der Waals surface area contributed by atoms with Crippen LogP contribution < -0.4 is 0 Å². The van der Waals surface area contributed by atoms with Gasteiger partial charge in [0.1, 0.15) is 5.82 Å². The van der Waals surface area contributed by atoms with Gasteiger partial charge in [-0.25, -0.2) is 9.37 Å². The predicted octanol–water partition coefficient (Wildman–Crippen LogP) is 3.54. The van der Waals surface area contributed by atoms with Gasteiger partial charge in [-0.15, -0.1) is 0 Å². The maximum Gasteiger partial charge on any atom is 0.289 e. The number of hydrogen-bond donors (Lipinski definition) is 1. The third kappa shape index (κ3) is 2.81. The highest BCUT2D eigenvalue weighted by molar-refractivity contribution is 5.91. The van der Waals surface area contributed by atoms with Crippen LogP contribution in [0.1, 0.15) is 41.9 Å². The molecule has 2 aromatic heterocycles. The SMILES string of the molecule is CCn1ccnc1C(=O)N1CCC(c2c[nH]c3ccc(F)cc23)CC1. The fourth-order valence-corrected chi connectivity index (χ4v) is 3.75. The number of amides is 1. The minimum atomic E-state index is -0.215. The largest absolute Gasteiger partial charge is 0.361 e. The smallest absolute Gasteiger partial charge is 0.289 e. The number of nitrogens with one attached hydrogen (secondary N) is 1. The maximum atomic E-state index is 13.6. The van der Waals surface area contributed by atoms with E-state index in [0.717, 1.165) is 35.9 Å². The molecule has 1 aliphatic heterocycles. The van der Waals surface area contributed by atoms with Crippen LogP contribution in [0.3, 0.4) is 0 Å². The van der Waals surface area contributed by atoms with Crippen molar-refractivity contribution in [3.8, 4) is 0 Å². The standard InChI is InChI=1S/C19H21FN4O/c1-2-23-10-7-21-18(23)19(25)24-8-5-13(6-9-24)16-12-22-17-4-3-14(20)11-15(16)17/h3-4,7,10-13,22H,2,5-6,8-9H2,1H3. The minimum absolute atomic E-state index is 0.00438. The van der Waals surface area contributed by atoms with Crippen LogP contribution in [0, 0.1) is 5.82 Å². The van der Waals surface area contributed by atoms with E-state index in [4.69, 9.17) is 0 Å². The number of nitrogens with zero attached hydrogens (tertiary/aromatic N) is 3. The lowest BCUT2D eigenvalue weighted by molar-refractivity contribution is 0.0696. The van der Waals surface area contributed by atoms with Crippen LogP contribution in [0.15, 0.2) is 36.8 Å². The molecule has 0 aliphatic carbocycles. The average molecular weight is 340 g/mol. The lowest BCUT2D eigenvalue weighted by Crippen LogP contribution is -2.39. The van der Waals surface area contributed by atoms with Crippen molar-refractivity contribution in [2.45, 2.75) is 32.2 Å². The van der Waals surface area contributed by atoms with E-state index in [2.05, 4.69) is 9.97 Å². The third-order valence-corrected chi connectivity index (χ3v) is 5.15. The summed E-state index contributed by atoms with van der Waals surface area (Å²) >= 11 is 0. The number of imidazole rings is 1. The Morgan fingerprint density at radius 1 is 1.36 bits per heavy atom. The molecule has 25 heavy (non-hydrogen) atoms. The van der Waals surface area contributed by atoms with Crippen LogP contribution in [0.2, 0.25) is 0 Å². The van der Waals surface area contributed by atoms with Gasteiger partial charge in [-0.05, 0) is 49.4 Å². The van der Waals surface area contributed by atoms with Gasteiger partial charge < -0.3 is 14.5 Å². The summed E-state index contributed by atoms with van der Waals surface area (Å²) in [6.07, 6.45) is 7.24. The van der Waals surface area contributed by atoms with E-state index < -0.39 is 0 Å². The number of hydrogen-bond acceptors (Lipinski definition) is 2. The monoisotopic (exact) mass is 340 g/mol. The average Bonchev–Trinajstić information content (AvgIpc) is 3.27. The van der Waals surface area contributed by atoms with Crippen molar-refractivity contribution in [3.05, 3.63) is 54.0 Å². The van der Waals surface area contributed by atoms with Crippen LogP contribution in [-0.2, 0) is 6.54 Å². The molecule has 1 N–H and O–H groups in total. The zero-order valence-corrected chi connectivity index (χ0v) is 14.2. The number of rotatable bonds is 3. The quantitative estimate of drug-likeness (QED) is 0.793. The van der Waals surface area contributed by atoms with Crippen molar-refractivity contribution in [1.29, 1.82) is 0 Å². The normalized spacial score (nSPS) is 15.8. The van der Waals surface area contributed by atoms with Crippen molar-refractivity contribution in [3.63, 3.8) is 0 Å². The van der Waals surface area contributed by atoms with Crippen LogP contribution in [0.5, 0.6) is 0 Å². The second-order valence-corrected chi connectivity index (χ2v) is 6.54. The lowest BCUT2D eigenvalue weighted by atomic mass is 9.89. The molecule has 130 valence electrons. The van der Waals surface area contributed by atoms with Gasteiger partial charge in [-0.3, -0.25) is 4.79 Å². The highest BCUT2D eigenvalue weighted by Crippen LogP contribution is 2.33. The number of aryl methyl sites for hydroxylation is 1.